The standard InChI is InChI=1S/C13H14O.C11H10O.2C2H6/c1-3-10-5-4-6-11-8-12(14)7-9(2)13(10)11;1-8-6-10(12)7-9-4-2-3-5-11(8)9;2*1-2/h4-8,14H,3H2,1-2H3;2-7,12H,1H3;2*1-2H3. The zero-order valence-corrected chi connectivity index (χ0v) is 19.5. The minimum absolute atomic E-state index is 0.339. The van der Waals surface area contributed by atoms with Gasteiger partial charge in [-0.25, -0.2) is 0 Å². The van der Waals surface area contributed by atoms with Crippen molar-refractivity contribution >= 4 is 21.5 Å². The van der Waals surface area contributed by atoms with Crippen LogP contribution in [-0.4, -0.2) is 10.2 Å². The Morgan fingerprint density at radius 3 is 1.80 bits per heavy atom. The van der Waals surface area contributed by atoms with Gasteiger partial charge in [0.25, 0.3) is 0 Å². The van der Waals surface area contributed by atoms with Gasteiger partial charge in [-0.3, -0.25) is 0 Å². The summed E-state index contributed by atoms with van der Waals surface area (Å²) in [6.45, 7) is 14.2. The molecular weight excluding hydrogens is 368 g/mol. The molecule has 0 unspecified atom stereocenters. The number of rotatable bonds is 1. The first kappa shape index (κ1) is 25.0. The van der Waals surface area contributed by atoms with E-state index in [9.17, 15) is 10.2 Å². The van der Waals surface area contributed by atoms with Crippen molar-refractivity contribution in [2.24, 2.45) is 0 Å². The summed E-state index contributed by atoms with van der Waals surface area (Å²) in [6, 6.07) is 21.5. The monoisotopic (exact) mass is 404 g/mol. The smallest absolute Gasteiger partial charge is 0.116 e. The summed E-state index contributed by atoms with van der Waals surface area (Å²) in [5, 5.41) is 23.5. The highest BCUT2D eigenvalue weighted by atomic mass is 16.3. The van der Waals surface area contributed by atoms with Crippen LogP contribution in [0.4, 0.5) is 0 Å². The van der Waals surface area contributed by atoms with Crippen LogP contribution in [0.1, 0.15) is 51.3 Å². The molecule has 2 nitrogen and oxygen atoms in total. The van der Waals surface area contributed by atoms with Gasteiger partial charge in [0, 0.05) is 0 Å². The first-order chi connectivity index (χ1) is 14.5. The van der Waals surface area contributed by atoms with Crippen molar-refractivity contribution in [3.8, 4) is 11.5 Å². The van der Waals surface area contributed by atoms with Crippen molar-refractivity contribution in [3.63, 3.8) is 0 Å². The molecule has 0 fully saturated rings. The SMILES string of the molecule is CC.CC.CCc1cccc2cc(O)cc(C)c12.Cc1cc(O)cc2ccccc12. The Morgan fingerprint density at radius 1 is 0.633 bits per heavy atom. The molecule has 0 bridgehead atoms. The third-order valence-corrected chi connectivity index (χ3v) is 4.68. The van der Waals surface area contributed by atoms with E-state index in [0.29, 0.717) is 11.5 Å². The van der Waals surface area contributed by atoms with E-state index < -0.39 is 0 Å². The molecule has 4 aromatic carbocycles. The first-order valence-corrected chi connectivity index (χ1v) is 10.9. The van der Waals surface area contributed by atoms with Crippen molar-refractivity contribution in [3.05, 3.63) is 83.4 Å². The highest BCUT2D eigenvalue weighted by Crippen LogP contribution is 2.27. The van der Waals surface area contributed by atoms with Gasteiger partial charge in [0.05, 0.1) is 0 Å². The zero-order chi connectivity index (χ0) is 22.7. The van der Waals surface area contributed by atoms with Crippen molar-refractivity contribution in [1.82, 2.24) is 0 Å². The second-order valence-corrected chi connectivity index (χ2v) is 6.62. The molecule has 0 amide bonds. The van der Waals surface area contributed by atoms with E-state index in [2.05, 4.69) is 19.1 Å². The highest BCUT2D eigenvalue weighted by molar-refractivity contribution is 5.90. The highest BCUT2D eigenvalue weighted by Gasteiger charge is 2.03. The van der Waals surface area contributed by atoms with Crippen LogP contribution >= 0.6 is 0 Å². The number of aryl methyl sites for hydroxylation is 3. The maximum Gasteiger partial charge on any atom is 0.116 e. The molecule has 160 valence electrons. The molecule has 0 saturated carbocycles. The summed E-state index contributed by atoms with van der Waals surface area (Å²) in [4.78, 5) is 0. The molecule has 0 aromatic heterocycles. The van der Waals surface area contributed by atoms with Gasteiger partial charge in [0.2, 0.25) is 0 Å². The van der Waals surface area contributed by atoms with Crippen LogP contribution in [0.2, 0.25) is 0 Å². The predicted octanol–water partition coefficient (Wildman–Crippen LogP) is 8.32. The molecule has 0 atom stereocenters. The number of hydrogen-bond donors (Lipinski definition) is 2. The lowest BCUT2D eigenvalue weighted by Crippen LogP contribution is -1.86. The normalized spacial score (nSPS) is 9.57. The van der Waals surface area contributed by atoms with Gasteiger partial charge in [0.15, 0.2) is 0 Å². The second-order valence-electron chi connectivity index (χ2n) is 6.62. The fraction of sp³-hybridized carbons (Fsp3) is 0.286. The van der Waals surface area contributed by atoms with Gasteiger partial charge in [-0.15, -0.1) is 0 Å². The van der Waals surface area contributed by atoms with Crippen LogP contribution in [0.15, 0.2) is 66.7 Å². The Bertz CT molecular complexity index is 1060. The third-order valence-electron chi connectivity index (χ3n) is 4.68. The first-order valence-electron chi connectivity index (χ1n) is 10.9. The second kappa shape index (κ2) is 12.5. The molecule has 4 rings (SSSR count). The van der Waals surface area contributed by atoms with Crippen molar-refractivity contribution in [1.29, 1.82) is 0 Å². The van der Waals surface area contributed by atoms with E-state index in [1.165, 1.54) is 16.3 Å². The number of aromatic hydroxyl groups is 2. The lowest BCUT2D eigenvalue weighted by atomic mass is 9.98. The summed E-state index contributed by atoms with van der Waals surface area (Å²) in [5.74, 6) is 0.689. The molecule has 2 N–H and O–H groups in total. The number of phenolic OH excluding ortho intramolecular Hbond substituents is 2. The number of phenols is 2. The quantitative estimate of drug-likeness (QED) is 0.335. The lowest BCUT2D eigenvalue weighted by molar-refractivity contribution is 0.475. The fourth-order valence-electron chi connectivity index (χ4n) is 3.49. The molecular formula is C28H36O2. The van der Waals surface area contributed by atoms with Crippen molar-refractivity contribution in [2.45, 2.75) is 54.9 Å². The van der Waals surface area contributed by atoms with Crippen molar-refractivity contribution < 1.29 is 10.2 Å². The fourth-order valence-corrected chi connectivity index (χ4v) is 3.49. The van der Waals surface area contributed by atoms with Gasteiger partial charge in [0.1, 0.15) is 11.5 Å². The number of fused-ring (bicyclic) bond motifs is 2. The molecule has 0 spiro atoms. The van der Waals surface area contributed by atoms with Crippen LogP contribution in [-0.2, 0) is 6.42 Å². The van der Waals surface area contributed by atoms with Gasteiger partial charge in [-0.05, 0) is 82.8 Å². The van der Waals surface area contributed by atoms with E-state index in [-0.39, 0.29) is 0 Å². The zero-order valence-electron chi connectivity index (χ0n) is 19.5. The molecule has 0 heterocycles. The Labute approximate surface area is 181 Å². The minimum atomic E-state index is 0.339. The summed E-state index contributed by atoms with van der Waals surface area (Å²) in [5.41, 5.74) is 3.61. The average Bonchev–Trinajstić information content (AvgIpc) is 2.76. The van der Waals surface area contributed by atoms with Crippen LogP contribution < -0.4 is 0 Å². The number of hydrogen-bond acceptors (Lipinski definition) is 2. The van der Waals surface area contributed by atoms with Gasteiger partial charge in [-0.2, -0.15) is 0 Å². The van der Waals surface area contributed by atoms with Gasteiger partial charge < -0.3 is 10.2 Å². The van der Waals surface area contributed by atoms with Crippen LogP contribution in [0.25, 0.3) is 21.5 Å². The third kappa shape index (κ3) is 6.25. The lowest BCUT2D eigenvalue weighted by Gasteiger charge is -2.08. The minimum Gasteiger partial charge on any atom is -0.508 e. The van der Waals surface area contributed by atoms with E-state index in [4.69, 9.17) is 0 Å². The number of benzene rings is 4. The molecule has 0 aliphatic rings. The van der Waals surface area contributed by atoms with E-state index in [1.54, 1.807) is 12.1 Å². The van der Waals surface area contributed by atoms with E-state index >= 15 is 0 Å². The maximum absolute atomic E-state index is 9.47. The Morgan fingerprint density at radius 2 is 1.17 bits per heavy atom. The molecule has 0 saturated heterocycles. The Hall–Kier alpha value is -3.00. The predicted molar refractivity (Wildman–Crippen MR) is 133 cm³/mol. The summed E-state index contributed by atoms with van der Waals surface area (Å²) in [6.07, 6.45) is 1.03. The summed E-state index contributed by atoms with van der Waals surface area (Å²) in [7, 11) is 0. The molecule has 0 aliphatic heterocycles. The summed E-state index contributed by atoms with van der Waals surface area (Å²) < 4.78 is 0. The van der Waals surface area contributed by atoms with E-state index in [1.807, 2.05) is 84.0 Å². The van der Waals surface area contributed by atoms with Crippen molar-refractivity contribution in [2.75, 3.05) is 0 Å². The van der Waals surface area contributed by atoms with Crippen LogP contribution in [0, 0.1) is 13.8 Å². The van der Waals surface area contributed by atoms with Crippen LogP contribution in [0.5, 0.6) is 11.5 Å². The Kier molecular flexibility index (Phi) is 10.5. The molecule has 2 heteroatoms. The molecule has 30 heavy (non-hydrogen) atoms. The molecule has 0 radical (unpaired) electrons. The van der Waals surface area contributed by atoms with Gasteiger partial charge in [-0.1, -0.05) is 77.1 Å². The van der Waals surface area contributed by atoms with E-state index in [0.717, 1.165) is 28.3 Å². The van der Waals surface area contributed by atoms with Gasteiger partial charge >= 0.3 is 0 Å². The molecule has 4 aromatic rings. The summed E-state index contributed by atoms with van der Waals surface area (Å²) >= 11 is 0. The molecule has 0 aliphatic carbocycles. The largest absolute Gasteiger partial charge is 0.508 e. The maximum atomic E-state index is 9.47. The Balaban J connectivity index is 0.000000260. The topological polar surface area (TPSA) is 40.5 Å². The average molecular weight is 405 g/mol. The van der Waals surface area contributed by atoms with Crippen LogP contribution in [0.3, 0.4) is 0 Å².